The Kier molecular flexibility index (Phi) is 4.32. The fraction of sp³-hybridized carbons (Fsp3) is 0.400. The second-order valence-corrected chi connectivity index (χ2v) is 5.00. The van der Waals surface area contributed by atoms with Gasteiger partial charge < -0.3 is 10.6 Å². The molecule has 0 atom stereocenters. The summed E-state index contributed by atoms with van der Waals surface area (Å²) in [6, 6.07) is 6.48. The Morgan fingerprint density at radius 3 is 2.74 bits per heavy atom. The average Bonchev–Trinajstić information content (AvgIpc) is 2.39. The highest BCUT2D eigenvalue weighted by Gasteiger charge is 2.19. The molecule has 1 aromatic rings. The Morgan fingerprint density at radius 2 is 2.11 bits per heavy atom. The third-order valence-corrected chi connectivity index (χ3v) is 3.47. The lowest BCUT2D eigenvalue weighted by atomic mass is 10.0. The molecule has 0 bridgehead atoms. The van der Waals surface area contributed by atoms with Crippen LogP contribution >= 0.6 is 0 Å². The lowest BCUT2D eigenvalue weighted by Crippen LogP contribution is -2.42. The van der Waals surface area contributed by atoms with Crippen LogP contribution in [0.15, 0.2) is 30.3 Å². The van der Waals surface area contributed by atoms with E-state index in [0.29, 0.717) is 13.1 Å². The van der Waals surface area contributed by atoms with Crippen molar-refractivity contribution in [3.05, 3.63) is 41.7 Å². The molecule has 0 unspecified atom stereocenters. The molecule has 1 aromatic carbocycles. The number of benzene rings is 1. The zero-order valence-corrected chi connectivity index (χ0v) is 11.1. The molecule has 0 aromatic heterocycles. The van der Waals surface area contributed by atoms with Gasteiger partial charge in [0.25, 0.3) is 0 Å². The summed E-state index contributed by atoms with van der Waals surface area (Å²) in [6.07, 6.45) is 3.27. The number of amides is 1. The number of likely N-dealkylation sites (tertiary alicyclic amines) is 1. The van der Waals surface area contributed by atoms with E-state index in [2.05, 4.69) is 0 Å². The molecule has 0 saturated carbocycles. The molecule has 19 heavy (non-hydrogen) atoms. The molecule has 0 spiro atoms. The predicted molar refractivity (Wildman–Crippen MR) is 73.8 cm³/mol. The molecule has 102 valence electrons. The van der Waals surface area contributed by atoms with Gasteiger partial charge in [0.1, 0.15) is 5.82 Å². The smallest absolute Gasteiger partial charge is 0.246 e. The van der Waals surface area contributed by atoms with E-state index in [1.54, 1.807) is 23.1 Å². The Hall–Kier alpha value is -1.68. The SMILES string of the molecule is CC(=CC(=O)N1CCC(N)CC1)c1cccc(F)c1. The van der Waals surface area contributed by atoms with Crippen molar-refractivity contribution < 1.29 is 9.18 Å². The van der Waals surface area contributed by atoms with E-state index in [0.717, 1.165) is 24.0 Å². The number of rotatable bonds is 2. The van der Waals surface area contributed by atoms with E-state index >= 15 is 0 Å². The minimum Gasteiger partial charge on any atom is -0.339 e. The van der Waals surface area contributed by atoms with Crippen LogP contribution in [-0.4, -0.2) is 29.9 Å². The molecule has 3 nitrogen and oxygen atoms in total. The van der Waals surface area contributed by atoms with Crippen LogP contribution in [-0.2, 0) is 4.79 Å². The number of hydrogen-bond donors (Lipinski definition) is 1. The Labute approximate surface area is 112 Å². The lowest BCUT2D eigenvalue weighted by molar-refractivity contribution is -0.126. The van der Waals surface area contributed by atoms with Gasteiger partial charge in [-0.2, -0.15) is 0 Å². The van der Waals surface area contributed by atoms with Crippen molar-refractivity contribution in [3.8, 4) is 0 Å². The van der Waals surface area contributed by atoms with Crippen LogP contribution in [0.1, 0.15) is 25.3 Å². The second-order valence-electron chi connectivity index (χ2n) is 5.00. The molecule has 1 heterocycles. The van der Waals surface area contributed by atoms with Crippen molar-refractivity contribution in [1.29, 1.82) is 0 Å². The van der Waals surface area contributed by atoms with Crippen LogP contribution in [0.3, 0.4) is 0 Å². The zero-order chi connectivity index (χ0) is 13.8. The first kappa shape index (κ1) is 13.7. The van der Waals surface area contributed by atoms with Gasteiger partial charge in [0.15, 0.2) is 0 Å². The third kappa shape index (κ3) is 3.64. The minimum atomic E-state index is -0.290. The minimum absolute atomic E-state index is 0.0198. The number of hydrogen-bond acceptors (Lipinski definition) is 2. The fourth-order valence-corrected chi connectivity index (χ4v) is 2.21. The summed E-state index contributed by atoms with van der Waals surface area (Å²) < 4.78 is 13.1. The molecule has 0 radical (unpaired) electrons. The topological polar surface area (TPSA) is 46.3 Å². The number of carbonyl (C=O) groups is 1. The van der Waals surface area contributed by atoms with Gasteiger partial charge in [-0.1, -0.05) is 12.1 Å². The fourth-order valence-electron chi connectivity index (χ4n) is 2.21. The highest BCUT2D eigenvalue weighted by atomic mass is 19.1. The van der Waals surface area contributed by atoms with Crippen molar-refractivity contribution in [3.63, 3.8) is 0 Å². The average molecular weight is 262 g/mol. The first-order chi connectivity index (χ1) is 9.06. The number of carbonyl (C=O) groups excluding carboxylic acids is 1. The number of allylic oxidation sites excluding steroid dienone is 1. The molecule has 1 saturated heterocycles. The quantitative estimate of drug-likeness (QED) is 0.830. The Morgan fingerprint density at radius 1 is 1.42 bits per heavy atom. The molecule has 2 rings (SSSR count). The summed E-state index contributed by atoms with van der Waals surface area (Å²) in [4.78, 5) is 13.9. The summed E-state index contributed by atoms with van der Waals surface area (Å²) in [5, 5.41) is 0. The van der Waals surface area contributed by atoms with Crippen molar-refractivity contribution in [1.82, 2.24) is 4.90 Å². The maximum Gasteiger partial charge on any atom is 0.246 e. The van der Waals surface area contributed by atoms with Crippen molar-refractivity contribution in [2.75, 3.05) is 13.1 Å². The normalized spacial score (nSPS) is 17.6. The highest BCUT2D eigenvalue weighted by Crippen LogP contribution is 2.16. The van der Waals surface area contributed by atoms with Crippen LogP contribution in [0.4, 0.5) is 4.39 Å². The van der Waals surface area contributed by atoms with Gasteiger partial charge in [0.2, 0.25) is 5.91 Å². The molecule has 4 heteroatoms. The van der Waals surface area contributed by atoms with Gasteiger partial charge in [-0.15, -0.1) is 0 Å². The summed E-state index contributed by atoms with van der Waals surface area (Å²) >= 11 is 0. The first-order valence-electron chi connectivity index (χ1n) is 6.55. The number of nitrogens with zero attached hydrogens (tertiary/aromatic N) is 1. The van der Waals surface area contributed by atoms with Gasteiger partial charge in [-0.05, 0) is 43.0 Å². The molecule has 1 aliphatic rings. The number of halogens is 1. The molecule has 0 aliphatic carbocycles. The summed E-state index contributed by atoms with van der Waals surface area (Å²) in [7, 11) is 0. The molecule has 1 aliphatic heterocycles. The molecule has 1 amide bonds. The van der Waals surface area contributed by atoms with Crippen LogP contribution in [0.25, 0.3) is 5.57 Å². The monoisotopic (exact) mass is 262 g/mol. The Bertz CT molecular complexity index is 491. The van der Waals surface area contributed by atoms with Gasteiger partial charge in [0.05, 0.1) is 0 Å². The lowest BCUT2D eigenvalue weighted by Gasteiger charge is -2.29. The van der Waals surface area contributed by atoms with E-state index in [9.17, 15) is 9.18 Å². The van der Waals surface area contributed by atoms with E-state index in [1.807, 2.05) is 6.92 Å². The number of piperidine rings is 1. The van der Waals surface area contributed by atoms with E-state index in [1.165, 1.54) is 12.1 Å². The largest absolute Gasteiger partial charge is 0.339 e. The van der Waals surface area contributed by atoms with E-state index < -0.39 is 0 Å². The molecule has 1 fully saturated rings. The maximum absolute atomic E-state index is 13.1. The van der Waals surface area contributed by atoms with Gasteiger partial charge >= 0.3 is 0 Å². The van der Waals surface area contributed by atoms with Crippen molar-refractivity contribution in [2.24, 2.45) is 5.73 Å². The second kappa shape index (κ2) is 5.97. The van der Waals surface area contributed by atoms with E-state index in [-0.39, 0.29) is 17.8 Å². The van der Waals surface area contributed by atoms with Crippen LogP contribution in [0.2, 0.25) is 0 Å². The molecule has 2 N–H and O–H groups in total. The summed E-state index contributed by atoms with van der Waals surface area (Å²) in [5.41, 5.74) is 7.33. The maximum atomic E-state index is 13.1. The molecular formula is C15H19FN2O. The van der Waals surface area contributed by atoms with Crippen LogP contribution < -0.4 is 5.73 Å². The number of nitrogens with two attached hydrogens (primary N) is 1. The first-order valence-corrected chi connectivity index (χ1v) is 6.55. The van der Waals surface area contributed by atoms with Crippen molar-refractivity contribution in [2.45, 2.75) is 25.8 Å². The van der Waals surface area contributed by atoms with Crippen molar-refractivity contribution >= 4 is 11.5 Å². The summed E-state index contributed by atoms with van der Waals surface area (Å²) in [6.45, 7) is 3.22. The van der Waals surface area contributed by atoms with Crippen LogP contribution in [0, 0.1) is 5.82 Å². The van der Waals surface area contributed by atoms with Gasteiger partial charge in [-0.3, -0.25) is 4.79 Å². The molecular weight excluding hydrogens is 243 g/mol. The van der Waals surface area contributed by atoms with Gasteiger partial charge in [0, 0.05) is 25.2 Å². The third-order valence-electron chi connectivity index (χ3n) is 3.47. The highest BCUT2D eigenvalue weighted by molar-refractivity contribution is 5.94. The summed E-state index contributed by atoms with van der Waals surface area (Å²) in [5.74, 6) is -0.310. The van der Waals surface area contributed by atoms with Crippen LogP contribution in [0.5, 0.6) is 0 Å². The predicted octanol–water partition coefficient (Wildman–Crippen LogP) is 2.18. The van der Waals surface area contributed by atoms with Gasteiger partial charge in [-0.25, -0.2) is 4.39 Å². The Balaban J connectivity index is 2.06. The van der Waals surface area contributed by atoms with E-state index in [4.69, 9.17) is 5.73 Å². The standard InChI is InChI=1S/C15H19FN2O/c1-11(12-3-2-4-13(16)10-12)9-15(19)18-7-5-14(17)6-8-18/h2-4,9-10,14H,5-8,17H2,1H3. The zero-order valence-electron chi connectivity index (χ0n) is 11.1.